The largest absolute Gasteiger partial charge is 0.513 e. The van der Waals surface area contributed by atoms with Gasteiger partial charge in [0, 0.05) is 16.5 Å². The standard InChI is InChI=1S/C15H12BrFO3/c1-19-15(18)20-13-8-7-12(17)14(11(13)9-16)10-5-3-2-4-6-10/h2-8H,9H2,1H3. The summed E-state index contributed by atoms with van der Waals surface area (Å²) in [5, 5.41) is 0.349. The molecule has 0 saturated heterocycles. The molecule has 0 aliphatic carbocycles. The maximum absolute atomic E-state index is 14.1. The monoisotopic (exact) mass is 338 g/mol. The van der Waals surface area contributed by atoms with E-state index in [1.54, 1.807) is 12.1 Å². The highest BCUT2D eigenvalue weighted by Crippen LogP contribution is 2.35. The van der Waals surface area contributed by atoms with Crippen molar-refractivity contribution in [3.8, 4) is 16.9 Å². The van der Waals surface area contributed by atoms with E-state index < -0.39 is 6.16 Å². The second kappa shape index (κ2) is 6.52. The predicted molar refractivity (Wildman–Crippen MR) is 77.5 cm³/mol. The lowest BCUT2D eigenvalue weighted by molar-refractivity contribution is 0.121. The average molecular weight is 339 g/mol. The molecule has 0 aromatic heterocycles. The fraction of sp³-hybridized carbons (Fsp3) is 0.133. The van der Waals surface area contributed by atoms with Gasteiger partial charge in [0.25, 0.3) is 0 Å². The molecular weight excluding hydrogens is 327 g/mol. The van der Waals surface area contributed by atoms with Crippen molar-refractivity contribution in [3.05, 3.63) is 53.8 Å². The zero-order chi connectivity index (χ0) is 14.5. The van der Waals surface area contributed by atoms with Crippen molar-refractivity contribution in [2.24, 2.45) is 0 Å². The lowest BCUT2D eigenvalue weighted by Gasteiger charge is -2.13. The third kappa shape index (κ3) is 2.99. The van der Waals surface area contributed by atoms with E-state index in [2.05, 4.69) is 20.7 Å². The molecule has 0 spiro atoms. The fourth-order valence-corrected chi connectivity index (χ4v) is 2.43. The van der Waals surface area contributed by atoms with Gasteiger partial charge in [0.15, 0.2) is 0 Å². The topological polar surface area (TPSA) is 35.5 Å². The van der Waals surface area contributed by atoms with E-state index in [0.717, 1.165) is 5.56 Å². The first kappa shape index (κ1) is 14.5. The summed E-state index contributed by atoms with van der Waals surface area (Å²) in [6.07, 6.45) is -0.835. The molecule has 0 aliphatic rings. The van der Waals surface area contributed by atoms with Gasteiger partial charge in [0.2, 0.25) is 0 Å². The van der Waals surface area contributed by atoms with E-state index in [1.165, 1.54) is 19.2 Å². The van der Waals surface area contributed by atoms with E-state index in [9.17, 15) is 9.18 Å². The number of methoxy groups -OCH3 is 1. The molecule has 2 aromatic rings. The van der Waals surface area contributed by atoms with Crippen LogP contribution in [0.3, 0.4) is 0 Å². The summed E-state index contributed by atoms with van der Waals surface area (Å²) in [6.45, 7) is 0. The molecule has 3 nitrogen and oxygen atoms in total. The number of benzene rings is 2. The minimum atomic E-state index is -0.835. The Morgan fingerprint density at radius 2 is 1.90 bits per heavy atom. The summed E-state index contributed by atoms with van der Waals surface area (Å²) >= 11 is 3.30. The van der Waals surface area contributed by atoms with Crippen molar-refractivity contribution < 1.29 is 18.7 Å². The van der Waals surface area contributed by atoms with E-state index in [-0.39, 0.29) is 11.6 Å². The first-order valence-electron chi connectivity index (χ1n) is 5.86. The van der Waals surface area contributed by atoms with Crippen LogP contribution < -0.4 is 4.74 Å². The molecule has 0 amide bonds. The van der Waals surface area contributed by atoms with Gasteiger partial charge in [-0.2, -0.15) is 0 Å². The highest BCUT2D eigenvalue weighted by Gasteiger charge is 2.17. The Morgan fingerprint density at radius 1 is 1.20 bits per heavy atom. The summed E-state index contributed by atoms with van der Waals surface area (Å²) in [5.74, 6) is -0.100. The molecule has 20 heavy (non-hydrogen) atoms. The van der Waals surface area contributed by atoms with E-state index >= 15 is 0 Å². The lowest BCUT2D eigenvalue weighted by Crippen LogP contribution is -2.09. The molecule has 104 valence electrons. The first-order valence-corrected chi connectivity index (χ1v) is 6.98. The van der Waals surface area contributed by atoms with Gasteiger partial charge in [-0.1, -0.05) is 46.3 Å². The van der Waals surface area contributed by atoms with Crippen molar-refractivity contribution in [2.75, 3.05) is 7.11 Å². The highest BCUT2D eigenvalue weighted by atomic mass is 79.9. The highest BCUT2D eigenvalue weighted by molar-refractivity contribution is 9.08. The fourth-order valence-electron chi connectivity index (χ4n) is 1.88. The van der Waals surface area contributed by atoms with E-state index in [4.69, 9.17) is 4.74 Å². The molecule has 0 aliphatic heterocycles. The van der Waals surface area contributed by atoms with Crippen LogP contribution in [0.25, 0.3) is 11.1 Å². The Hall–Kier alpha value is -1.88. The van der Waals surface area contributed by atoms with Crippen LogP contribution in [-0.4, -0.2) is 13.3 Å². The van der Waals surface area contributed by atoms with Gasteiger partial charge in [0.1, 0.15) is 11.6 Å². The van der Waals surface area contributed by atoms with Gasteiger partial charge in [-0.05, 0) is 17.7 Å². The van der Waals surface area contributed by atoms with Gasteiger partial charge in [0.05, 0.1) is 7.11 Å². The van der Waals surface area contributed by atoms with Gasteiger partial charge < -0.3 is 9.47 Å². The third-order valence-electron chi connectivity index (χ3n) is 2.78. The second-order valence-electron chi connectivity index (χ2n) is 3.95. The van der Waals surface area contributed by atoms with Crippen LogP contribution >= 0.6 is 15.9 Å². The molecule has 0 unspecified atom stereocenters. The summed E-state index contributed by atoms with van der Waals surface area (Å²) in [4.78, 5) is 11.2. The Kier molecular flexibility index (Phi) is 4.74. The van der Waals surface area contributed by atoms with Gasteiger partial charge in [-0.25, -0.2) is 9.18 Å². The minimum Gasteiger partial charge on any atom is -0.437 e. The van der Waals surface area contributed by atoms with E-state index in [1.807, 2.05) is 18.2 Å². The Morgan fingerprint density at radius 3 is 2.50 bits per heavy atom. The summed E-state index contributed by atoms with van der Waals surface area (Å²) in [7, 11) is 1.22. The molecule has 2 aromatic carbocycles. The summed E-state index contributed by atoms with van der Waals surface area (Å²) in [5.41, 5.74) is 1.68. The van der Waals surface area contributed by atoms with Crippen LogP contribution in [0, 0.1) is 5.82 Å². The zero-order valence-electron chi connectivity index (χ0n) is 10.7. The normalized spacial score (nSPS) is 10.2. The lowest BCUT2D eigenvalue weighted by atomic mass is 9.99. The Balaban J connectivity index is 2.55. The number of alkyl halides is 1. The van der Waals surface area contributed by atoms with Crippen LogP contribution in [0.15, 0.2) is 42.5 Å². The number of halogens is 2. The molecule has 0 N–H and O–H groups in total. The number of ether oxygens (including phenoxy) is 2. The van der Waals surface area contributed by atoms with Crippen molar-refractivity contribution in [2.45, 2.75) is 5.33 Å². The zero-order valence-corrected chi connectivity index (χ0v) is 12.3. The van der Waals surface area contributed by atoms with Crippen LogP contribution in [0.5, 0.6) is 5.75 Å². The SMILES string of the molecule is COC(=O)Oc1ccc(F)c(-c2ccccc2)c1CBr. The summed E-state index contributed by atoms with van der Waals surface area (Å²) in [6, 6.07) is 11.8. The summed E-state index contributed by atoms with van der Waals surface area (Å²) < 4.78 is 23.6. The quantitative estimate of drug-likeness (QED) is 0.468. The molecule has 2 rings (SSSR count). The van der Waals surface area contributed by atoms with Crippen molar-refractivity contribution in [1.82, 2.24) is 0 Å². The molecule has 0 heterocycles. The van der Waals surface area contributed by atoms with Gasteiger partial charge >= 0.3 is 6.16 Å². The smallest absolute Gasteiger partial charge is 0.437 e. The van der Waals surface area contributed by atoms with Crippen LogP contribution in [-0.2, 0) is 10.1 Å². The molecule has 0 radical (unpaired) electrons. The van der Waals surface area contributed by atoms with Crippen molar-refractivity contribution in [1.29, 1.82) is 0 Å². The van der Waals surface area contributed by atoms with Crippen molar-refractivity contribution in [3.63, 3.8) is 0 Å². The number of rotatable bonds is 3. The van der Waals surface area contributed by atoms with Crippen LogP contribution in [0.2, 0.25) is 0 Å². The number of hydrogen-bond acceptors (Lipinski definition) is 3. The van der Waals surface area contributed by atoms with Crippen molar-refractivity contribution >= 4 is 22.1 Å². The Bertz CT molecular complexity index is 614. The maximum Gasteiger partial charge on any atom is 0.513 e. The predicted octanol–water partition coefficient (Wildman–Crippen LogP) is 4.53. The third-order valence-corrected chi connectivity index (χ3v) is 3.34. The molecule has 0 fully saturated rings. The molecule has 0 saturated carbocycles. The molecule has 0 bridgehead atoms. The van der Waals surface area contributed by atoms with Gasteiger partial charge in [-0.3, -0.25) is 0 Å². The average Bonchev–Trinajstić information content (AvgIpc) is 2.49. The van der Waals surface area contributed by atoms with Crippen LogP contribution in [0.4, 0.5) is 9.18 Å². The second-order valence-corrected chi connectivity index (χ2v) is 4.52. The molecular formula is C15H12BrFO3. The molecule has 5 heteroatoms. The first-order chi connectivity index (χ1) is 9.67. The number of hydrogen-bond donors (Lipinski definition) is 0. The van der Waals surface area contributed by atoms with Crippen LogP contribution in [0.1, 0.15) is 5.56 Å². The number of carbonyl (C=O) groups is 1. The molecule has 0 atom stereocenters. The maximum atomic E-state index is 14.1. The van der Waals surface area contributed by atoms with Gasteiger partial charge in [-0.15, -0.1) is 0 Å². The number of carbonyl (C=O) groups excluding carboxylic acids is 1. The Labute approximate surface area is 124 Å². The van der Waals surface area contributed by atoms with E-state index in [0.29, 0.717) is 16.5 Å². The minimum absolute atomic E-state index is 0.272.